The van der Waals surface area contributed by atoms with E-state index in [4.69, 9.17) is 5.73 Å². The van der Waals surface area contributed by atoms with Crippen LogP contribution in [0.25, 0.3) is 0 Å². The summed E-state index contributed by atoms with van der Waals surface area (Å²) >= 11 is 0. The van der Waals surface area contributed by atoms with E-state index in [1.165, 1.54) is 18.2 Å². The lowest BCUT2D eigenvalue weighted by atomic mass is 9.89. The van der Waals surface area contributed by atoms with Gasteiger partial charge >= 0.3 is 0 Å². The lowest BCUT2D eigenvalue weighted by Gasteiger charge is -2.38. The Hall–Kier alpha value is -3.65. The summed E-state index contributed by atoms with van der Waals surface area (Å²) in [5.74, 6) is -3.18. The molecular formula is C27H26F3N3O2. The zero-order valence-corrected chi connectivity index (χ0v) is 19.0. The van der Waals surface area contributed by atoms with E-state index >= 15 is 0 Å². The monoisotopic (exact) mass is 481 g/mol. The molecule has 2 unspecified atom stereocenters. The first-order chi connectivity index (χ1) is 16.8. The molecule has 0 bridgehead atoms. The van der Waals surface area contributed by atoms with Crippen molar-refractivity contribution in [2.45, 2.75) is 44.3 Å². The molecule has 4 rings (SSSR count). The summed E-state index contributed by atoms with van der Waals surface area (Å²) < 4.78 is 40.8. The Morgan fingerprint density at radius 3 is 2.26 bits per heavy atom. The van der Waals surface area contributed by atoms with Gasteiger partial charge in [0.05, 0.1) is 0 Å². The fourth-order valence-electron chi connectivity index (χ4n) is 4.49. The minimum atomic E-state index is -0.848. The average molecular weight is 482 g/mol. The van der Waals surface area contributed by atoms with Gasteiger partial charge in [0.1, 0.15) is 17.5 Å². The van der Waals surface area contributed by atoms with E-state index in [1.807, 2.05) is 0 Å². The number of nitrogens with two attached hydrogens (primary N) is 1. The fourth-order valence-corrected chi connectivity index (χ4v) is 4.49. The molecule has 0 aromatic heterocycles. The largest absolute Gasteiger partial charge is 0.330 e. The summed E-state index contributed by atoms with van der Waals surface area (Å²) in [6, 6.07) is 14.6. The van der Waals surface area contributed by atoms with Crippen LogP contribution in [-0.4, -0.2) is 28.8 Å². The molecule has 1 saturated carbocycles. The van der Waals surface area contributed by atoms with Gasteiger partial charge in [0.25, 0.3) is 11.8 Å². The lowest BCUT2D eigenvalue weighted by Crippen LogP contribution is -2.51. The van der Waals surface area contributed by atoms with Crippen molar-refractivity contribution < 1.29 is 22.8 Å². The van der Waals surface area contributed by atoms with Crippen LogP contribution in [-0.2, 0) is 6.54 Å². The van der Waals surface area contributed by atoms with Gasteiger partial charge in [-0.2, -0.15) is 0 Å². The second-order valence-electron chi connectivity index (χ2n) is 8.77. The van der Waals surface area contributed by atoms with Gasteiger partial charge in [-0.3, -0.25) is 9.59 Å². The first-order valence-electron chi connectivity index (χ1n) is 11.5. The molecule has 0 radical (unpaired) electrons. The van der Waals surface area contributed by atoms with E-state index in [0.29, 0.717) is 11.8 Å². The third-order valence-corrected chi connectivity index (χ3v) is 6.18. The van der Waals surface area contributed by atoms with E-state index < -0.39 is 23.4 Å². The van der Waals surface area contributed by atoms with Gasteiger partial charge in [-0.1, -0.05) is 31.0 Å². The summed E-state index contributed by atoms with van der Waals surface area (Å²) in [4.78, 5) is 27.6. The van der Waals surface area contributed by atoms with Crippen molar-refractivity contribution >= 4 is 17.5 Å². The van der Waals surface area contributed by atoms with E-state index in [1.54, 1.807) is 35.2 Å². The summed E-state index contributed by atoms with van der Waals surface area (Å²) in [5, 5.41) is 2.63. The Morgan fingerprint density at radius 2 is 1.54 bits per heavy atom. The van der Waals surface area contributed by atoms with Crippen molar-refractivity contribution in [1.82, 2.24) is 4.90 Å². The Bertz CT molecular complexity index is 1210. The molecule has 8 heteroatoms. The standard InChI is InChI=1S/C27H26F3N3O2/c28-20-7-4-6-18(12-20)27(35)33(25-10-2-1-9-24(25)31)16-17-5-3-8-23(11-17)32-26(34)19-13-21(29)15-22(30)14-19/h3-8,11-15,24-25H,1-2,9-10,16,31H2,(H,32,34). The highest BCUT2D eigenvalue weighted by molar-refractivity contribution is 6.04. The number of anilines is 1. The third-order valence-electron chi connectivity index (χ3n) is 6.18. The SMILES string of the molecule is NC1CCCCC1N(Cc1cccc(NC(=O)c2cc(F)cc(F)c2)c1)C(=O)c1cccc(F)c1. The summed E-state index contributed by atoms with van der Waals surface area (Å²) in [7, 11) is 0. The first-order valence-corrected chi connectivity index (χ1v) is 11.5. The van der Waals surface area contributed by atoms with Crippen molar-refractivity contribution in [3.63, 3.8) is 0 Å². The number of rotatable bonds is 6. The number of nitrogens with zero attached hydrogens (tertiary/aromatic N) is 1. The van der Waals surface area contributed by atoms with Crippen LogP contribution in [0.1, 0.15) is 52.0 Å². The number of carbonyl (C=O) groups excluding carboxylic acids is 2. The number of hydrogen-bond donors (Lipinski definition) is 2. The fraction of sp³-hybridized carbons (Fsp3) is 0.259. The Labute approximate surface area is 201 Å². The molecule has 1 aliphatic carbocycles. The van der Waals surface area contributed by atoms with Gasteiger partial charge in [0, 0.05) is 41.5 Å². The molecule has 0 heterocycles. The molecule has 0 spiro atoms. The second-order valence-corrected chi connectivity index (χ2v) is 8.77. The number of carbonyl (C=O) groups is 2. The van der Waals surface area contributed by atoms with Crippen molar-refractivity contribution in [1.29, 1.82) is 0 Å². The van der Waals surface area contributed by atoms with Gasteiger partial charge in [-0.25, -0.2) is 13.2 Å². The maximum Gasteiger partial charge on any atom is 0.255 e. The molecule has 3 N–H and O–H groups in total. The molecule has 1 aliphatic rings. The topological polar surface area (TPSA) is 75.4 Å². The summed E-state index contributed by atoms with van der Waals surface area (Å²) in [5.41, 5.74) is 7.59. The number of amides is 2. The zero-order valence-electron chi connectivity index (χ0n) is 19.0. The van der Waals surface area contributed by atoms with Crippen LogP contribution < -0.4 is 11.1 Å². The second kappa shape index (κ2) is 10.7. The molecule has 0 saturated heterocycles. The molecule has 5 nitrogen and oxygen atoms in total. The maximum atomic E-state index is 13.8. The van der Waals surface area contributed by atoms with Crippen molar-refractivity contribution in [2.75, 3.05) is 5.32 Å². The van der Waals surface area contributed by atoms with Crippen LogP contribution in [0.3, 0.4) is 0 Å². The third kappa shape index (κ3) is 6.08. The smallest absolute Gasteiger partial charge is 0.255 e. The van der Waals surface area contributed by atoms with Crippen molar-refractivity contribution in [2.24, 2.45) is 5.73 Å². The van der Waals surface area contributed by atoms with Gasteiger partial charge < -0.3 is 16.0 Å². The molecule has 0 aliphatic heterocycles. The van der Waals surface area contributed by atoms with Crippen molar-refractivity contribution in [3.8, 4) is 0 Å². The van der Waals surface area contributed by atoms with E-state index in [9.17, 15) is 22.8 Å². The van der Waals surface area contributed by atoms with E-state index in [0.717, 1.165) is 43.4 Å². The summed E-state index contributed by atoms with van der Waals surface area (Å²) in [6.07, 6.45) is 3.45. The van der Waals surface area contributed by atoms with Gasteiger partial charge in [-0.15, -0.1) is 0 Å². The summed E-state index contributed by atoms with van der Waals surface area (Å²) in [6.45, 7) is 0.200. The van der Waals surface area contributed by atoms with E-state index in [-0.39, 0.29) is 35.7 Å². The quantitative estimate of drug-likeness (QED) is 0.504. The minimum absolute atomic E-state index is 0.149. The molecule has 35 heavy (non-hydrogen) atoms. The molecule has 3 aromatic carbocycles. The van der Waals surface area contributed by atoms with Gasteiger partial charge in [0.15, 0.2) is 0 Å². The highest BCUT2D eigenvalue weighted by Crippen LogP contribution is 2.26. The zero-order chi connectivity index (χ0) is 24.9. The van der Waals surface area contributed by atoms with Crippen LogP contribution in [0.15, 0.2) is 66.7 Å². The molecule has 182 valence electrons. The average Bonchev–Trinajstić information content (AvgIpc) is 2.82. The molecular weight excluding hydrogens is 455 g/mol. The Kier molecular flexibility index (Phi) is 7.51. The normalized spacial score (nSPS) is 17.6. The number of halogens is 3. The highest BCUT2D eigenvalue weighted by atomic mass is 19.1. The predicted octanol–water partition coefficient (Wildman–Crippen LogP) is 5.27. The van der Waals surface area contributed by atoms with Crippen LogP contribution in [0, 0.1) is 17.5 Å². The molecule has 2 atom stereocenters. The highest BCUT2D eigenvalue weighted by Gasteiger charge is 2.31. The van der Waals surface area contributed by atoms with Gasteiger partial charge in [0.2, 0.25) is 0 Å². The maximum absolute atomic E-state index is 13.8. The molecule has 2 amide bonds. The van der Waals surface area contributed by atoms with Crippen LogP contribution >= 0.6 is 0 Å². The van der Waals surface area contributed by atoms with E-state index in [2.05, 4.69) is 5.32 Å². The first kappa shape index (κ1) is 24.5. The number of benzene rings is 3. The Morgan fingerprint density at radius 1 is 0.857 bits per heavy atom. The van der Waals surface area contributed by atoms with Crippen LogP contribution in [0.2, 0.25) is 0 Å². The van der Waals surface area contributed by atoms with Crippen LogP contribution in [0.4, 0.5) is 18.9 Å². The lowest BCUT2D eigenvalue weighted by molar-refractivity contribution is 0.0583. The molecule has 1 fully saturated rings. The predicted molar refractivity (Wildman–Crippen MR) is 127 cm³/mol. The minimum Gasteiger partial charge on any atom is -0.330 e. The van der Waals surface area contributed by atoms with Crippen LogP contribution in [0.5, 0.6) is 0 Å². The number of hydrogen-bond acceptors (Lipinski definition) is 3. The molecule has 3 aromatic rings. The Balaban J connectivity index is 1.57. The van der Waals surface area contributed by atoms with Crippen molar-refractivity contribution in [3.05, 3.63) is 101 Å². The van der Waals surface area contributed by atoms with Gasteiger partial charge in [-0.05, 0) is 60.9 Å². The number of nitrogens with one attached hydrogen (secondary N) is 1.